The molecule has 0 N–H and O–H groups in total. The van der Waals surface area contributed by atoms with Gasteiger partial charge in [0.15, 0.2) is 6.20 Å². The Labute approximate surface area is 210 Å². The lowest BCUT2D eigenvalue weighted by atomic mass is 9.94. The molecule has 0 fully saturated rings. The highest BCUT2D eigenvalue weighted by atomic mass is 32.1. The van der Waals surface area contributed by atoms with Crippen LogP contribution in [0.1, 0.15) is 41.7 Å². The van der Waals surface area contributed by atoms with E-state index in [1.54, 1.807) is 0 Å². The molecule has 3 aromatic heterocycles. The highest BCUT2D eigenvalue weighted by Gasteiger charge is 2.27. The second-order valence-electron chi connectivity index (χ2n) is 10.6. The van der Waals surface area contributed by atoms with Gasteiger partial charge >= 0.3 is 0 Å². The third-order valence-corrected chi connectivity index (χ3v) is 8.76. The number of aromatic nitrogens is 1. The molecule has 3 aromatic carbocycles. The molecule has 176 valence electrons. The molecule has 0 radical (unpaired) electrons. The Kier molecular flexibility index (Phi) is 5.05. The van der Waals surface area contributed by atoms with Crippen LogP contribution in [0.3, 0.4) is 0 Å². The maximum atomic E-state index is 6.68. The van der Waals surface area contributed by atoms with Gasteiger partial charge in [0.25, 0.3) is 0 Å². The van der Waals surface area contributed by atoms with Crippen LogP contribution < -0.4 is 4.57 Å². The van der Waals surface area contributed by atoms with Crippen molar-refractivity contribution in [2.45, 2.75) is 48.0 Å². The predicted octanol–water partition coefficient (Wildman–Crippen LogP) is 8.88. The smallest absolute Gasteiger partial charge is 0.234 e. The monoisotopic (exact) mass is 478 g/mol. The van der Waals surface area contributed by atoms with Gasteiger partial charge in [0, 0.05) is 32.3 Å². The summed E-state index contributed by atoms with van der Waals surface area (Å²) in [7, 11) is 2.17. The van der Waals surface area contributed by atoms with Gasteiger partial charge in [0.2, 0.25) is 5.69 Å². The standard InChI is InChI=1S/C32H32NOS/c1-17(2)13-22-9-8-10-23-24-11-12-33(7)29(32(24)35-31(22)23)28-21(6)19(4)16-25-27-20(5)14-18(3)15-26(27)34-30(25)28/h8-12,14-17H,13H2,1-7H3/q+1. The number of hydrogen-bond acceptors (Lipinski definition) is 2. The molecule has 2 nitrogen and oxygen atoms in total. The Balaban J connectivity index is 1.77. The lowest BCUT2D eigenvalue weighted by Crippen LogP contribution is -2.30. The van der Waals surface area contributed by atoms with Crippen molar-refractivity contribution in [2.24, 2.45) is 13.0 Å². The van der Waals surface area contributed by atoms with Crippen molar-refractivity contribution in [3.63, 3.8) is 0 Å². The zero-order valence-corrected chi connectivity index (χ0v) is 22.5. The summed E-state index contributed by atoms with van der Waals surface area (Å²) in [5, 5.41) is 5.15. The van der Waals surface area contributed by atoms with Crippen molar-refractivity contribution >= 4 is 53.4 Å². The SMILES string of the molecule is Cc1cc(C)c2c(c1)oc1c(-c3c4sc5c(CC(C)C)cccc5c4cc[n+]3C)c(C)c(C)cc12. The molecule has 0 aliphatic carbocycles. The molecule has 0 aliphatic heterocycles. The van der Waals surface area contributed by atoms with E-state index < -0.39 is 0 Å². The van der Waals surface area contributed by atoms with Gasteiger partial charge in [-0.05, 0) is 80.0 Å². The molecular weight excluding hydrogens is 446 g/mol. The molecule has 0 aliphatic rings. The summed E-state index contributed by atoms with van der Waals surface area (Å²) < 4.78 is 11.7. The summed E-state index contributed by atoms with van der Waals surface area (Å²) in [6.45, 7) is 13.4. The van der Waals surface area contributed by atoms with E-state index in [9.17, 15) is 0 Å². The maximum absolute atomic E-state index is 6.68. The van der Waals surface area contributed by atoms with Crippen molar-refractivity contribution < 1.29 is 8.98 Å². The third-order valence-electron chi connectivity index (χ3n) is 7.46. The minimum absolute atomic E-state index is 0.627. The van der Waals surface area contributed by atoms with Gasteiger partial charge < -0.3 is 4.42 Å². The largest absolute Gasteiger partial charge is 0.455 e. The quantitative estimate of drug-likeness (QED) is 0.232. The van der Waals surface area contributed by atoms with Gasteiger partial charge in [-0.2, -0.15) is 4.57 Å². The molecule has 3 heterocycles. The van der Waals surface area contributed by atoms with Crippen LogP contribution in [-0.2, 0) is 13.5 Å². The van der Waals surface area contributed by atoms with E-state index in [1.807, 2.05) is 11.3 Å². The first-order valence-electron chi connectivity index (χ1n) is 12.5. The first-order chi connectivity index (χ1) is 16.7. The van der Waals surface area contributed by atoms with Crippen LogP contribution in [0.25, 0.3) is 53.4 Å². The average Bonchev–Trinajstić information content (AvgIpc) is 3.34. The van der Waals surface area contributed by atoms with E-state index >= 15 is 0 Å². The maximum Gasteiger partial charge on any atom is 0.234 e. The van der Waals surface area contributed by atoms with E-state index in [1.165, 1.54) is 70.0 Å². The van der Waals surface area contributed by atoms with Gasteiger partial charge in [0.05, 0.1) is 5.56 Å². The minimum atomic E-state index is 0.627. The Bertz CT molecular complexity index is 1800. The molecule has 6 rings (SSSR count). The summed E-state index contributed by atoms with van der Waals surface area (Å²) >= 11 is 1.94. The number of rotatable bonds is 3. The minimum Gasteiger partial charge on any atom is -0.455 e. The zero-order valence-electron chi connectivity index (χ0n) is 21.7. The summed E-state index contributed by atoms with van der Waals surface area (Å²) in [6.07, 6.45) is 3.31. The second kappa shape index (κ2) is 7.93. The summed E-state index contributed by atoms with van der Waals surface area (Å²) in [5.41, 5.74) is 11.0. The van der Waals surface area contributed by atoms with E-state index in [0.29, 0.717) is 5.92 Å². The summed E-state index contributed by atoms with van der Waals surface area (Å²) in [6, 6.07) is 15.8. The lowest BCUT2D eigenvalue weighted by molar-refractivity contribution is -0.659. The van der Waals surface area contributed by atoms with Crippen LogP contribution in [-0.4, -0.2) is 0 Å². The topological polar surface area (TPSA) is 17.0 Å². The number of furan rings is 1. The first-order valence-corrected chi connectivity index (χ1v) is 13.3. The molecule has 0 bridgehead atoms. The number of aryl methyl sites for hydroxylation is 4. The van der Waals surface area contributed by atoms with Crippen LogP contribution in [0.4, 0.5) is 0 Å². The highest BCUT2D eigenvalue weighted by Crippen LogP contribution is 2.45. The first kappa shape index (κ1) is 22.3. The fraction of sp³-hybridized carbons (Fsp3) is 0.281. The molecule has 3 heteroatoms. The molecule has 6 aromatic rings. The molecule has 0 saturated carbocycles. The molecule has 0 saturated heterocycles. The van der Waals surface area contributed by atoms with Crippen LogP contribution in [0.5, 0.6) is 0 Å². The van der Waals surface area contributed by atoms with Gasteiger partial charge in [-0.1, -0.05) is 38.1 Å². The number of thiophene rings is 1. The van der Waals surface area contributed by atoms with Crippen molar-refractivity contribution in [1.82, 2.24) is 0 Å². The average molecular weight is 479 g/mol. The molecule has 0 atom stereocenters. The van der Waals surface area contributed by atoms with Gasteiger partial charge in [-0.25, -0.2) is 0 Å². The van der Waals surface area contributed by atoms with Crippen LogP contribution in [0, 0.1) is 33.6 Å². The number of nitrogens with zero attached hydrogens (tertiary/aromatic N) is 1. The number of benzene rings is 3. The molecular formula is C32H32NOS+. The Morgan fingerprint density at radius 2 is 1.66 bits per heavy atom. The normalized spacial score (nSPS) is 12.2. The van der Waals surface area contributed by atoms with Crippen molar-refractivity contribution in [3.05, 3.63) is 76.5 Å². The van der Waals surface area contributed by atoms with Crippen LogP contribution in [0.2, 0.25) is 0 Å². The summed E-state index contributed by atoms with van der Waals surface area (Å²) in [4.78, 5) is 0. The third kappa shape index (κ3) is 3.32. The van der Waals surface area contributed by atoms with Crippen molar-refractivity contribution in [1.29, 1.82) is 0 Å². The molecule has 0 unspecified atom stereocenters. The Morgan fingerprint density at radius 1 is 0.886 bits per heavy atom. The van der Waals surface area contributed by atoms with E-state index in [0.717, 1.165) is 17.6 Å². The fourth-order valence-electron chi connectivity index (χ4n) is 5.78. The fourth-order valence-corrected chi connectivity index (χ4v) is 7.19. The second-order valence-corrected chi connectivity index (χ2v) is 11.7. The van der Waals surface area contributed by atoms with E-state index in [-0.39, 0.29) is 0 Å². The van der Waals surface area contributed by atoms with Crippen LogP contribution in [0.15, 0.2) is 53.1 Å². The number of fused-ring (bicyclic) bond motifs is 6. The number of pyridine rings is 1. The molecule has 35 heavy (non-hydrogen) atoms. The van der Waals surface area contributed by atoms with Crippen molar-refractivity contribution in [2.75, 3.05) is 0 Å². The molecule has 0 amide bonds. The van der Waals surface area contributed by atoms with Gasteiger partial charge in [-0.15, -0.1) is 11.3 Å². The lowest BCUT2D eigenvalue weighted by Gasteiger charge is -2.09. The predicted molar refractivity (Wildman–Crippen MR) is 151 cm³/mol. The van der Waals surface area contributed by atoms with Crippen molar-refractivity contribution in [3.8, 4) is 11.3 Å². The Morgan fingerprint density at radius 3 is 2.43 bits per heavy atom. The summed E-state index contributed by atoms with van der Waals surface area (Å²) in [5.74, 6) is 0.627. The van der Waals surface area contributed by atoms with E-state index in [2.05, 4.69) is 102 Å². The van der Waals surface area contributed by atoms with Crippen LogP contribution >= 0.6 is 11.3 Å². The highest BCUT2D eigenvalue weighted by molar-refractivity contribution is 7.26. The molecule has 0 spiro atoms. The Hall–Kier alpha value is -3.17. The van der Waals surface area contributed by atoms with Gasteiger partial charge in [0.1, 0.15) is 22.9 Å². The number of hydrogen-bond donors (Lipinski definition) is 0. The van der Waals surface area contributed by atoms with E-state index in [4.69, 9.17) is 4.42 Å². The van der Waals surface area contributed by atoms with Gasteiger partial charge in [-0.3, -0.25) is 0 Å². The zero-order chi connectivity index (χ0) is 24.6.